The van der Waals surface area contributed by atoms with Crippen LogP contribution in [0.1, 0.15) is 37.1 Å². The standard InChI is InChI=1S/C25H30N4O/c1-19-26-25(27-30-19)23-11-9-22(10-12-23)21-7-5-20(6-8-21)17-28-16-13-24(18-28)29-14-3-2-4-15-29/h5-12,24H,2-4,13-18H2,1H3. The third-order valence-corrected chi connectivity index (χ3v) is 6.52. The van der Waals surface area contributed by atoms with Gasteiger partial charge in [-0.15, -0.1) is 0 Å². The van der Waals surface area contributed by atoms with Crippen molar-refractivity contribution >= 4 is 0 Å². The molecule has 0 N–H and O–H groups in total. The van der Waals surface area contributed by atoms with Crippen molar-refractivity contribution in [3.63, 3.8) is 0 Å². The van der Waals surface area contributed by atoms with Gasteiger partial charge in [0.2, 0.25) is 11.7 Å². The van der Waals surface area contributed by atoms with Crippen molar-refractivity contribution in [2.24, 2.45) is 0 Å². The Morgan fingerprint density at radius 2 is 1.53 bits per heavy atom. The fourth-order valence-corrected chi connectivity index (χ4v) is 4.83. The van der Waals surface area contributed by atoms with Crippen molar-refractivity contribution in [3.8, 4) is 22.5 Å². The molecule has 0 saturated carbocycles. The lowest BCUT2D eigenvalue weighted by molar-refractivity contribution is 0.161. The molecule has 2 aromatic carbocycles. The van der Waals surface area contributed by atoms with Gasteiger partial charge in [-0.3, -0.25) is 9.80 Å². The Morgan fingerprint density at radius 3 is 2.20 bits per heavy atom. The molecule has 3 heterocycles. The molecule has 0 amide bonds. The minimum atomic E-state index is 0.588. The molecule has 0 aliphatic carbocycles. The van der Waals surface area contributed by atoms with Crippen LogP contribution in [0.3, 0.4) is 0 Å². The maximum atomic E-state index is 5.07. The van der Waals surface area contributed by atoms with Crippen LogP contribution in [0.15, 0.2) is 53.1 Å². The highest BCUT2D eigenvalue weighted by molar-refractivity contribution is 5.67. The molecule has 3 aromatic rings. The summed E-state index contributed by atoms with van der Waals surface area (Å²) in [6, 6.07) is 18.2. The average molecular weight is 403 g/mol. The summed E-state index contributed by atoms with van der Waals surface area (Å²) >= 11 is 0. The summed E-state index contributed by atoms with van der Waals surface area (Å²) in [6.45, 7) is 7.92. The lowest BCUT2D eigenvalue weighted by atomic mass is 10.0. The smallest absolute Gasteiger partial charge is 0.223 e. The van der Waals surface area contributed by atoms with Crippen molar-refractivity contribution in [2.45, 2.75) is 45.2 Å². The number of hydrogen-bond acceptors (Lipinski definition) is 5. The van der Waals surface area contributed by atoms with E-state index in [1.54, 1.807) is 0 Å². The van der Waals surface area contributed by atoms with Crippen molar-refractivity contribution < 1.29 is 4.52 Å². The molecule has 2 saturated heterocycles. The summed E-state index contributed by atoms with van der Waals surface area (Å²) in [5.74, 6) is 1.23. The molecule has 5 heteroatoms. The van der Waals surface area contributed by atoms with Crippen LogP contribution >= 0.6 is 0 Å². The molecule has 0 spiro atoms. The zero-order valence-corrected chi connectivity index (χ0v) is 17.8. The summed E-state index contributed by atoms with van der Waals surface area (Å²) in [7, 11) is 0. The third kappa shape index (κ3) is 4.32. The Hall–Kier alpha value is -2.50. The van der Waals surface area contributed by atoms with Crippen molar-refractivity contribution in [3.05, 3.63) is 60.0 Å². The average Bonchev–Trinajstić information content (AvgIpc) is 3.44. The van der Waals surface area contributed by atoms with Crippen LogP contribution in [-0.4, -0.2) is 52.2 Å². The van der Waals surface area contributed by atoms with Gasteiger partial charge < -0.3 is 4.52 Å². The second kappa shape index (κ2) is 8.70. The van der Waals surface area contributed by atoms with E-state index < -0.39 is 0 Å². The van der Waals surface area contributed by atoms with E-state index in [9.17, 15) is 0 Å². The van der Waals surface area contributed by atoms with Crippen LogP contribution in [0.4, 0.5) is 0 Å². The lowest BCUT2D eigenvalue weighted by Crippen LogP contribution is -2.40. The van der Waals surface area contributed by atoms with Crippen LogP contribution in [0, 0.1) is 6.92 Å². The van der Waals surface area contributed by atoms with E-state index in [1.807, 2.05) is 6.92 Å². The predicted octanol–water partition coefficient (Wildman–Crippen LogP) is 4.77. The van der Waals surface area contributed by atoms with Crippen LogP contribution in [0.2, 0.25) is 0 Å². The van der Waals surface area contributed by atoms with E-state index in [4.69, 9.17) is 4.52 Å². The molecule has 5 rings (SSSR count). The maximum absolute atomic E-state index is 5.07. The molecule has 156 valence electrons. The highest BCUT2D eigenvalue weighted by atomic mass is 16.5. The Kier molecular flexibility index (Phi) is 5.65. The van der Waals surface area contributed by atoms with Crippen molar-refractivity contribution in [2.75, 3.05) is 26.2 Å². The number of piperidine rings is 1. The first-order valence-electron chi connectivity index (χ1n) is 11.2. The van der Waals surface area contributed by atoms with Gasteiger partial charge in [0, 0.05) is 38.2 Å². The SMILES string of the molecule is Cc1nc(-c2ccc(-c3ccc(CN4CCC(N5CCCCC5)C4)cc3)cc2)no1. The van der Waals surface area contributed by atoms with Crippen molar-refractivity contribution in [1.29, 1.82) is 0 Å². The van der Waals surface area contributed by atoms with Crippen LogP contribution in [-0.2, 0) is 6.54 Å². The summed E-state index contributed by atoms with van der Waals surface area (Å²) in [5, 5.41) is 3.99. The molecule has 0 radical (unpaired) electrons. The van der Waals surface area contributed by atoms with E-state index in [-0.39, 0.29) is 0 Å². The van der Waals surface area contributed by atoms with Gasteiger partial charge >= 0.3 is 0 Å². The summed E-state index contributed by atoms with van der Waals surface area (Å²) in [6.07, 6.45) is 5.50. The minimum absolute atomic E-state index is 0.588. The summed E-state index contributed by atoms with van der Waals surface area (Å²) < 4.78 is 5.07. The van der Waals surface area contributed by atoms with Gasteiger partial charge in [-0.1, -0.05) is 60.1 Å². The molecule has 2 aliphatic rings. The maximum Gasteiger partial charge on any atom is 0.223 e. The zero-order chi connectivity index (χ0) is 20.3. The quantitative estimate of drug-likeness (QED) is 0.615. The molecular formula is C25H30N4O. The van der Waals surface area contributed by atoms with E-state index >= 15 is 0 Å². The third-order valence-electron chi connectivity index (χ3n) is 6.52. The number of rotatable bonds is 5. The number of benzene rings is 2. The number of nitrogens with zero attached hydrogens (tertiary/aromatic N) is 4. The first-order chi connectivity index (χ1) is 14.7. The topological polar surface area (TPSA) is 45.4 Å². The molecule has 1 aromatic heterocycles. The van der Waals surface area contributed by atoms with Gasteiger partial charge in [0.05, 0.1) is 0 Å². The van der Waals surface area contributed by atoms with Crippen molar-refractivity contribution in [1.82, 2.24) is 19.9 Å². The molecule has 2 aliphatic heterocycles. The Balaban J connectivity index is 1.19. The predicted molar refractivity (Wildman–Crippen MR) is 119 cm³/mol. The van der Waals surface area contributed by atoms with E-state index in [2.05, 4.69) is 68.5 Å². The molecular weight excluding hydrogens is 372 g/mol. The Morgan fingerprint density at radius 1 is 0.867 bits per heavy atom. The van der Waals surface area contributed by atoms with E-state index in [0.29, 0.717) is 11.7 Å². The number of aryl methyl sites for hydroxylation is 1. The minimum Gasteiger partial charge on any atom is -0.339 e. The van der Waals surface area contributed by atoms with Crippen LogP contribution in [0.5, 0.6) is 0 Å². The first-order valence-corrected chi connectivity index (χ1v) is 11.2. The molecule has 1 unspecified atom stereocenters. The second-order valence-corrected chi connectivity index (χ2v) is 8.69. The zero-order valence-electron chi connectivity index (χ0n) is 17.8. The fourth-order valence-electron chi connectivity index (χ4n) is 4.83. The molecule has 2 fully saturated rings. The van der Waals surface area contributed by atoms with E-state index in [1.165, 1.54) is 68.6 Å². The molecule has 5 nitrogen and oxygen atoms in total. The van der Waals surface area contributed by atoms with Gasteiger partial charge in [-0.05, 0) is 49.0 Å². The van der Waals surface area contributed by atoms with Gasteiger partial charge in [0.1, 0.15) is 0 Å². The number of likely N-dealkylation sites (tertiary alicyclic amines) is 2. The second-order valence-electron chi connectivity index (χ2n) is 8.69. The Labute approximate surface area is 178 Å². The van der Waals surface area contributed by atoms with Gasteiger partial charge in [-0.25, -0.2) is 0 Å². The number of aromatic nitrogens is 2. The first kappa shape index (κ1) is 19.5. The van der Waals surface area contributed by atoms with Crippen LogP contribution in [0.25, 0.3) is 22.5 Å². The fraction of sp³-hybridized carbons (Fsp3) is 0.440. The van der Waals surface area contributed by atoms with Gasteiger partial charge in [0.25, 0.3) is 0 Å². The Bertz CT molecular complexity index is 958. The lowest BCUT2D eigenvalue weighted by Gasteiger charge is -2.32. The van der Waals surface area contributed by atoms with E-state index in [0.717, 1.165) is 18.2 Å². The largest absolute Gasteiger partial charge is 0.339 e. The summed E-state index contributed by atoms with van der Waals surface area (Å²) in [4.78, 5) is 9.64. The highest BCUT2D eigenvalue weighted by Crippen LogP contribution is 2.25. The molecule has 1 atom stereocenters. The summed E-state index contributed by atoms with van der Waals surface area (Å²) in [5.41, 5.74) is 4.82. The molecule has 0 bridgehead atoms. The van der Waals surface area contributed by atoms with Gasteiger partial charge in [0.15, 0.2) is 0 Å². The normalized spacial score (nSPS) is 20.6. The number of hydrogen-bond donors (Lipinski definition) is 0. The van der Waals surface area contributed by atoms with Crippen LogP contribution < -0.4 is 0 Å². The van der Waals surface area contributed by atoms with Gasteiger partial charge in [-0.2, -0.15) is 4.98 Å². The molecule has 30 heavy (non-hydrogen) atoms. The monoisotopic (exact) mass is 402 g/mol. The highest BCUT2D eigenvalue weighted by Gasteiger charge is 2.28.